The van der Waals surface area contributed by atoms with Gasteiger partial charge >= 0.3 is 0 Å². The van der Waals surface area contributed by atoms with Crippen LogP contribution < -0.4 is 16.1 Å². The maximum absolute atomic E-state index is 13.0. The minimum Gasteiger partial charge on any atom is -0.467 e. The van der Waals surface area contributed by atoms with E-state index >= 15 is 0 Å². The highest BCUT2D eigenvalue weighted by Gasteiger charge is 2.20. The molecule has 7 nitrogen and oxygen atoms in total. The smallest absolute Gasteiger partial charge is 0.256 e. The summed E-state index contributed by atoms with van der Waals surface area (Å²) in [6.45, 7) is 5.15. The van der Waals surface area contributed by atoms with E-state index in [2.05, 4.69) is 10.6 Å². The first kappa shape index (κ1) is 23.1. The Kier molecular flexibility index (Phi) is 8.02. The molecule has 0 bridgehead atoms. The number of nitrogens with one attached hydrogen (secondary N) is 2. The van der Waals surface area contributed by atoms with E-state index in [1.165, 1.54) is 12.4 Å². The monoisotopic (exact) mass is 435 g/mol. The molecule has 0 radical (unpaired) electrons. The number of furan rings is 1. The van der Waals surface area contributed by atoms with E-state index in [9.17, 15) is 14.4 Å². The Morgan fingerprint density at radius 1 is 1.00 bits per heavy atom. The van der Waals surface area contributed by atoms with Crippen LogP contribution in [0.15, 0.2) is 70.3 Å². The molecular weight excluding hydrogens is 406 g/mol. The molecule has 32 heavy (non-hydrogen) atoms. The fourth-order valence-corrected chi connectivity index (χ4v) is 3.34. The second-order valence-electron chi connectivity index (χ2n) is 7.80. The Balaban J connectivity index is 1.83. The average Bonchev–Trinajstić information content (AvgIpc) is 3.32. The Hall–Kier alpha value is -3.61. The van der Waals surface area contributed by atoms with Crippen molar-refractivity contribution in [2.24, 2.45) is 0 Å². The number of rotatable bonds is 10. The van der Waals surface area contributed by atoms with E-state index in [-0.39, 0.29) is 17.0 Å². The molecule has 0 saturated carbocycles. The molecule has 2 N–H and O–H groups in total. The molecule has 0 saturated heterocycles. The molecule has 3 aromatic rings. The van der Waals surface area contributed by atoms with Crippen LogP contribution in [0.3, 0.4) is 0 Å². The fraction of sp³-hybridized carbons (Fsp3) is 0.320. The molecule has 0 aliphatic rings. The summed E-state index contributed by atoms with van der Waals surface area (Å²) in [5, 5.41) is 5.59. The zero-order valence-electron chi connectivity index (χ0n) is 18.5. The SMILES string of the molecule is CCCCNC(=O)c1cn(Cc2ccco2)cc(C(=O)NCC(C)c2ccccc2)c1=O. The van der Waals surface area contributed by atoms with Gasteiger partial charge in [0, 0.05) is 25.5 Å². The Labute approximate surface area is 187 Å². The first-order chi connectivity index (χ1) is 15.5. The van der Waals surface area contributed by atoms with Gasteiger partial charge in [-0.25, -0.2) is 0 Å². The highest BCUT2D eigenvalue weighted by Crippen LogP contribution is 2.13. The van der Waals surface area contributed by atoms with Gasteiger partial charge in [-0.15, -0.1) is 0 Å². The van der Waals surface area contributed by atoms with Crippen molar-refractivity contribution in [2.45, 2.75) is 39.2 Å². The lowest BCUT2D eigenvalue weighted by Crippen LogP contribution is -2.36. The van der Waals surface area contributed by atoms with Gasteiger partial charge < -0.3 is 19.6 Å². The number of carbonyl (C=O) groups is 2. The highest BCUT2D eigenvalue weighted by atomic mass is 16.3. The minimum atomic E-state index is -0.584. The molecule has 2 amide bonds. The number of nitrogens with zero attached hydrogens (tertiary/aromatic N) is 1. The number of unbranched alkanes of at least 4 members (excludes halogenated alkanes) is 1. The first-order valence-corrected chi connectivity index (χ1v) is 10.9. The van der Waals surface area contributed by atoms with E-state index in [0.29, 0.717) is 25.4 Å². The van der Waals surface area contributed by atoms with Gasteiger partial charge in [-0.05, 0) is 30.0 Å². The summed E-state index contributed by atoms with van der Waals surface area (Å²) in [5.74, 6) is -0.265. The summed E-state index contributed by atoms with van der Waals surface area (Å²) in [4.78, 5) is 38.5. The second-order valence-corrected chi connectivity index (χ2v) is 7.80. The highest BCUT2D eigenvalue weighted by molar-refractivity contribution is 5.99. The average molecular weight is 436 g/mol. The predicted octanol–water partition coefficient (Wildman–Crippen LogP) is 3.55. The lowest BCUT2D eigenvalue weighted by Gasteiger charge is -2.14. The maximum Gasteiger partial charge on any atom is 0.256 e. The maximum atomic E-state index is 13.0. The van der Waals surface area contributed by atoms with Crippen LogP contribution >= 0.6 is 0 Å². The van der Waals surface area contributed by atoms with Gasteiger partial charge in [0.15, 0.2) is 0 Å². The van der Waals surface area contributed by atoms with Gasteiger partial charge in [0.25, 0.3) is 11.8 Å². The van der Waals surface area contributed by atoms with Gasteiger partial charge in [0.05, 0.1) is 12.8 Å². The van der Waals surface area contributed by atoms with Crippen LogP contribution in [-0.2, 0) is 6.54 Å². The molecule has 3 rings (SSSR count). The van der Waals surface area contributed by atoms with Crippen molar-refractivity contribution in [2.75, 3.05) is 13.1 Å². The van der Waals surface area contributed by atoms with Crippen LogP contribution in [-0.4, -0.2) is 29.5 Å². The van der Waals surface area contributed by atoms with Crippen molar-refractivity contribution in [1.82, 2.24) is 15.2 Å². The van der Waals surface area contributed by atoms with Crippen LogP contribution in [0.5, 0.6) is 0 Å². The van der Waals surface area contributed by atoms with Crippen molar-refractivity contribution < 1.29 is 14.0 Å². The third-order valence-electron chi connectivity index (χ3n) is 5.24. The summed E-state index contributed by atoms with van der Waals surface area (Å²) in [5.41, 5.74) is 0.378. The van der Waals surface area contributed by atoms with Crippen LogP contribution in [0.1, 0.15) is 64.6 Å². The molecule has 7 heteroatoms. The van der Waals surface area contributed by atoms with Crippen molar-refractivity contribution in [1.29, 1.82) is 0 Å². The summed E-state index contributed by atoms with van der Waals surface area (Å²) in [6, 6.07) is 13.4. The van der Waals surface area contributed by atoms with E-state index in [1.807, 2.05) is 44.2 Å². The molecule has 0 fully saturated rings. The molecule has 1 aromatic carbocycles. The van der Waals surface area contributed by atoms with E-state index in [1.54, 1.807) is 23.0 Å². The molecule has 1 unspecified atom stereocenters. The molecule has 2 aromatic heterocycles. The number of hydrogen-bond donors (Lipinski definition) is 2. The zero-order chi connectivity index (χ0) is 22.9. The van der Waals surface area contributed by atoms with Crippen molar-refractivity contribution in [3.63, 3.8) is 0 Å². The number of amides is 2. The lowest BCUT2D eigenvalue weighted by atomic mass is 10.0. The third kappa shape index (κ3) is 5.97. The van der Waals surface area contributed by atoms with Gasteiger partial charge in [-0.2, -0.15) is 0 Å². The van der Waals surface area contributed by atoms with Crippen LogP contribution in [0.4, 0.5) is 0 Å². The molecule has 2 heterocycles. The van der Waals surface area contributed by atoms with Crippen LogP contribution in [0.25, 0.3) is 0 Å². The summed E-state index contributed by atoms with van der Waals surface area (Å²) >= 11 is 0. The van der Waals surface area contributed by atoms with Gasteiger partial charge in [-0.3, -0.25) is 14.4 Å². The van der Waals surface area contributed by atoms with Gasteiger partial charge in [0.1, 0.15) is 16.9 Å². The Morgan fingerprint density at radius 2 is 1.69 bits per heavy atom. The number of aromatic nitrogens is 1. The molecule has 0 aliphatic heterocycles. The van der Waals surface area contributed by atoms with Crippen molar-refractivity contribution in [3.8, 4) is 0 Å². The topological polar surface area (TPSA) is 93.3 Å². The normalized spacial score (nSPS) is 11.7. The van der Waals surface area contributed by atoms with Gasteiger partial charge in [0.2, 0.25) is 5.43 Å². The second kappa shape index (κ2) is 11.1. The quantitative estimate of drug-likeness (QED) is 0.476. The van der Waals surface area contributed by atoms with Crippen LogP contribution in [0, 0.1) is 0 Å². The summed E-state index contributed by atoms with van der Waals surface area (Å²) < 4.78 is 7.01. The number of pyridine rings is 1. The van der Waals surface area contributed by atoms with Crippen molar-refractivity contribution in [3.05, 3.63) is 93.8 Å². The molecule has 1 atom stereocenters. The Morgan fingerprint density at radius 3 is 2.31 bits per heavy atom. The van der Waals surface area contributed by atoms with Crippen molar-refractivity contribution >= 4 is 11.8 Å². The number of hydrogen-bond acceptors (Lipinski definition) is 4. The molecule has 0 spiro atoms. The standard InChI is InChI=1S/C25H29N3O4/c1-3-4-12-26-24(30)21-16-28(15-20-11-8-13-32-20)17-22(23(21)29)25(31)27-14-18(2)19-9-6-5-7-10-19/h5-11,13,16-18H,3-4,12,14-15H2,1-2H3,(H,26,30)(H,27,31). The summed E-state index contributed by atoms with van der Waals surface area (Å²) in [7, 11) is 0. The van der Waals surface area contributed by atoms with E-state index in [0.717, 1.165) is 18.4 Å². The largest absolute Gasteiger partial charge is 0.467 e. The summed E-state index contributed by atoms with van der Waals surface area (Å²) in [6.07, 6.45) is 6.22. The predicted molar refractivity (Wildman–Crippen MR) is 123 cm³/mol. The molecule has 168 valence electrons. The number of benzene rings is 1. The molecule has 0 aliphatic carbocycles. The third-order valence-corrected chi connectivity index (χ3v) is 5.24. The first-order valence-electron chi connectivity index (χ1n) is 10.9. The number of carbonyl (C=O) groups excluding carboxylic acids is 2. The van der Waals surface area contributed by atoms with E-state index < -0.39 is 17.2 Å². The Bertz CT molecular complexity index is 1090. The zero-order valence-corrected chi connectivity index (χ0v) is 18.5. The minimum absolute atomic E-state index is 0.0589. The van der Waals surface area contributed by atoms with Crippen LogP contribution in [0.2, 0.25) is 0 Å². The fourth-order valence-electron chi connectivity index (χ4n) is 3.34. The lowest BCUT2D eigenvalue weighted by molar-refractivity contribution is 0.0949. The van der Waals surface area contributed by atoms with E-state index in [4.69, 9.17) is 4.42 Å². The van der Waals surface area contributed by atoms with Gasteiger partial charge in [-0.1, -0.05) is 50.6 Å². The molecular formula is C25H29N3O4.